The summed E-state index contributed by atoms with van der Waals surface area (Å²) in [5.41, 5.74) is 7.70. The number of benzene rings is 1. The van der Waals surface area contributed by atoms with Crippen molar-refractivity contribution in [1.29, 1.82) is 0 Å². The average Bonchev–Trinajstić information content (AvgIpc) is 2.73. The van der Waals surface area contributed by atoms with Crippen molar-refractivity contribution >= 4 is 28.6 Å². The third kappa shape index (κ3) is 3.08. The summed E-state index contributed by atoms with van der Waals surface area (Å²) in [5.74, 6) is -0.584. The fraction of sp³-hybridized carbons (Fsp3) is 0.312. The zero-order valence-electron chi connectivity index (χ0n) is 11.6. The van der Waals surface area contributed by atoms with Crippen molar-refractivity contribution in [2.24, 2.45) is 0 Å². The highest BCUT2D eigenvalue weighted by Gasteiger charge is 2.17. The first-order chi connectivity index (χ1) is 10.1. The van der Waals surface area contributed by atoms with Crippen LogP contribution in [0.5, 0.6) is 0 Å². The van der Waals surface area contributed by atoms with E-state index >= 15 is 0 Å². The first kappa shape index (κ1) is 14.1. The van der Waals surface area contributed by atoms with Gasteiger partial charge in [0.15, 0.2) is 0 Å². The number of halogens is 1. The van der Waals surface area contributed by atoms with Gasteiger partial charge in [-0.25, -0.2) is 4.39 Å². The molecule has 0 spiro atoms. The standard InChI is InChI=1S/C16H17FN2OS/c17-11-6-7-13(12(18)9-11)19-16(20)15-8-10-4-2-1-3-5-14(10)21-15/h6-9H,1-5,18H2,(H,19,20). The minimum absolute atomic E-state index is 0.175. The Morgan fingerprint density at radius 2 is 2.00 bits per heavy atom. The molecule has 1 aliphatic carbocycles. The third-order valence-corrected chi connectivity index (χ3v) is 4.97. The van der Waals surface area contributed by atoms with E-state index in [1.807, 2.05) is 6.07 Å². The van der Waals surface area contributed by atoms with Crippen LogP contribution in [0.3, 0.4) is 0 Å². The van der Waals surface area contributed by atoms with E-state index in [2.05, 4.69) is 5.32 Å². The van der Waals surface area contributed by atoms with Gasteiger partial charge in [-0.3, -0.25) is 4.79 Å². The molecule has 2 aromatic rings. The molecule has 3 rings (SSSR count). The molecular weight excluding hydrogens is 287 g/mol. The number of nitrogen functional groups attached to an aromatic ring is 1. The summed E-state index contributed by atoms with van der Waals surface area (Å²) >= 11 is 1.56. The Hall–Kier alpha value is -1.88. The van der Waals surface area contributed by atoms with Crippen molar-refractivity contribution in [1.82, 2.24) is 0 Å². The summed E-state index contributed by atoms with van der Waals surface area (Å²) in [4.78, 5) is 14.3. The summed E-state index contributed by atoms with van der Waals surface area (Å²) in [6, 6.07) is 5.97. The van der Waals surface area contributed by atoms with Crippen molar-refractivity contribution in [3.05, 3.63) is 45.4 Å². The number of hydrogen-bond acceptors (Lipinski definition) is 3. The molecule has 1 aromatic carbocycles. The predicted octanol–water partition coefficient (Wildman–Crippen LogP) is 3.99. The first-order valence-electron chi connectivity index (χ1n) is 7.11. The quantitative estimate of drug-likeness (QED) is 0.651. The number of carbonyl (C=O) groups excluding carboxylic acids is 1. The molecule has 3 nitrogen and oxygen atoms in total. The molecule has 1 amide bonds. The van der Waals surface area contributed by atoms with Crippen molar-refractivity contribution in [3.63, 3.8) is 0 Å². The van der Waals surface area contributed by atoms with Gasteiger partial charge in [-0.1, -0.05) is 6.42 Å². The lowest BCUT2D eigenvalue weighted by atomic mass is 10.1. The van der Waals surface area contributed by atoms with Crippen molar-refractivity contribution < 1.29 is 9.18 Å². The van der Waals surface area contributed by atoms with E-state index in [9.17, 15) is 9.18 Å². The number of aryl methyl sites for hydroxylation is 2. The van der Waals surface area contributed by atoms with Crippen LogP contribution in [-0.4, -0.2) is 5.91 Å². The number of rotatable bonds is 2. The lowest BCUT2D eigenvalue weighted by Gasteiger charge is -2.06. The Kier molecular flexibility index (Phi) is 3.92. The second-order valence-electron chi connectivity index (χ2n) is 5.31. The van der Waals surface area contributed by atoms with Crippen molar-refractivity contribution in [2.45, 2.75) is 32.1 Å². The molecule has 21 heavy (non-hydrogen) atoms. The monoisotopic (exact) mass is 304 g/mol. The van der Waals surface area contributed by atoms with Crippen molar-refractivity contribution in [2.75, 3.05) is 11.1 Å². The third-order valence-electron chi connectivity index (χ3n) is 3.73. The Morgan fingerprint density at radius 3 is 2.81 bits per heavy atom. The molecule has 0 saturated heterocycles. The second-order valence-corrected chi connectivity index (χ2v) is 6.44. The largest absolute Gasteiger partial charge is 0.397 e. The van der Waals surface area contributed by atoms with Crippen molar-refractivity contribution in [3.8, 4) is 0 Å². The SMILES string of the molecule is Nc1cc(F)ccc1NC(=O)c1cc2c(s1)CCCCC2. The number of amides is 1. The Bertz CT molecular complexity index is 657. The van der Waals surface area contributed by atoms with Gasteiger partial charge >= 0.3 is 0 Å². The molecule has 0 bridgehead atoms. The van der Waals surface area contributed by atoms with Crippen LogP contribution in [0.15, 0.2) is 24.3 Å². The maximum Gasteiger partial charge on any atom is 0.265 e. The average molecular weight is 304 g/mol. The van der Waals surface area contributed by atoms with E-state index in [1.165, 1.54) is 47.9 Å². The highest BCUT2D eigenvalue weighted by Crippen LogP contribution is 2.30. The maximum absolute atomic E-state index is 13.0. The molecule has 0 unspecified atom stereocenters. The molecule has 0 saturated carbocycles. The summed E-state index contributed by atoms with van der Waals surface area (Å²) < 4.78 is 13.0. The Morgan fingerprint density at radius 1 is 1.19 bits per heavy atom. The fourth-order valence-electron chi connectivity index (χ4n) is 2.61. The topological polar surface area (TPSA) is 55.1 Å². The molecule has 0 fully saturated rings. The summed E-state index contributed by atoms with van der Waals surface area (Å²) in [6.07, 6.45) is 5.76. The molecule has 1 heterocycles. The summed E-state index contributed by atoms with van der Waals surface area (Å²) in [6.45, 7) is 0. The van der Waals surface area contributed by atoms with E-state index in [1.54, 1.807) is 11.3 Å². The van der Waals surface area contributed by atoms with Gasteiger partial charge in [-0.15, -0.1) is 11.3 Å². The lowest BCUT2D eigenvalue weighted by Crippen LogP contribution is -2.11. The molecule has 5 heteroatoms. The van der Waals surface area contributed by atoms with Gasteiger partial charge in [-0.05, 0) is 55.5 Å². The van der Waals surface area contributed by atoms with Gasteiger partial charge in [0.25, 0.3) is 5.91 Å². The molecule has 1 aliphatic rings. The first-order valence-corrected chi connectivity index (χ1v) is 7.93. The van der Waals surface area contributed by atoms with Gasteiger partial charge in [0.2, 0.25) is 0 Å². The van der Waals surface area contributed by atoms with Crippen LogP contribution >= 0.6 is 11.3 Å². The van der Waals surface area contributed by atoms with E-state index in [0.717, 1.165) is 12.8 Å². The van der Waals surface area contributed by atoms with E-state index < -0.39 is 5.82 Å². The number of anilines is 2. The zero-order valence-corrected chi connectivity index (χ0v) is 12.4. The van der Waals surface area contributed by atoms with E-state index in [-0.39, 0.29) is 11.6 Å². The highest BCUT2D eigenvalue weighted by molar-refractivity contribution is 7.14. The summed E-state index contributed by atoms with van der Waals surface area (Å²) in [7, 11) is 0. The fourth-order valence-corrected chi connectivity index (χ4v) is 3.76. The van der Waals surface area contributed by atoms with Crippen LogP contribution < -0.4 is 11.1 Å². The zero-order chi connectivity index (χ0) is 14.8. The van der Waals surface area contributed by atoms with Crippen LogP contribution in [0.1, 0.15) is 39.4 Å². The summed E-state index contributed by atoms with van der Waals surface area (Å²) in [5, 5.41) is 2.76. The Labute approximate surface area is 127 Å². The van der Waals surface area contributed by atoms with Gasteiger partial charge in [0.1, 0.15) is 5.82 Å². The molecule has 1 aromatic heterocycles. The number of carbonyl (C=O) groups is 1. The number of thiophene rings is 1. The predicted molar refractivity (Wildman–Crippen MR) is 84.3 cm³/mol. The van der Waals surface area contributed by atoms with Gasteiger partial charge in [0.05, 0.1) is 16.3 Å². The second kappa shape index (κ2) is 5.85. The van der Waals surface area contributed by atoms with Gasteiger partial charge in [-0.2, -0.15) is 0 Å². The van der Waals surface area contributed by atoms with Gasteiger partial charge in [0, 0.05) is 4.88 Å². The molecule has 0 radical (unpaired) electrons. The van der Waals surface area contributed by atoms with Crippen LogP contribution in [0, 0.1) is 5.82 Å². The number of hydrogen-bond donors (Lipinski definition) is 2. The smallest absolute Gasteiger partial charge is 0.265 e. The molecule has 0 atom stereocenters. The molecule has 3 N–H and O–H groups in total. The van der Waals surface area contributed by atoms with E-state index in [0.29, 0.717) is 10.6 Å². The number of nitrogens with two attached hydrogens (primary N) is 1. The molecule has 0 aliphatic heterocycles. The number of fused-ring (bicyclic) bond motifs is 1. The van der Waals surface area contributed by atoms with Crippen LogP contribution in [0.25, 0.3) is 0 Å². The normalized spacial score (nSPS) is 14.3. The maximum atomic E-state index is 13.0. The Balaban J connectivity index is 1.79. The number of nitrogens with one attached hydrogen (secondary N) is 1. The van der Waals surface area contributed by atoms with Crippen LogP contribution in [0.2, 0.25) is 0 Å². The van der Waals surface area contributed by atoms with E-state index in [4.69, 9.17) is 5.73 Å². The van der Waals surface area contributed by atoms with Gasteiger partial charge < -0.3 is 11.1 Å². The molecule has 110 valence electrons. The van der Waals surface area contributed by atoms with Crippen LogP contribution in [-0.2, 0) is 12.8 Å². The lowest BCUT2D eigenvalue weighted by molar-refractivity contribution is 0.103. The highest BCUT2D eigenvalue weighted by atomic mass is 32.1. The minimum Gasteiger partial charge on any atom is -0.397 e. The minimum atomic E-state index is -0.409. The van der Waals surface area contributed by atoms with Crippen LogP contribution in [0.4, 0.5) is 15.8 Å². The molecular formula is C16H17FN2OS.